The van der Waals surface area contributed by atoms with Crippen LogP contribution in [-0.2, 0) is 4.74 Å². The van der Waals surface area contributed by atoms with E-state index in [0.29, 0.717) is 6.10 Å². The predicted molar refractivity (Wildman–Crippen MR) is 74.9 cm³/mol. The van der Waals surface area contributed by atoms with E-state index in [0.717, 1.165) is 25.7 Å². The molecule has 2 aliphatic carbocycles. The van der Waals surface area contributed by atoms with Crippen LogP contribution in [0.2, 0.25) is 0 Å². The first-order valence-electron chi connectivity index (χ1n) is 7.04. The molecular formula is C14H29N3O. The van der Waals surface area contributed by atoms with E-state index in [9.17, 15) is 0 Å². The zero-order valence-corrected chi connectivity index (χ0v) is 12.5. The van der Waals surface area contributed by atoms with Gasteiger partial charge in [-0.1, -0.05) is 0 Å². The second kappa shape index (κ2) is 4.75. The maximum absolute atomic E-state index is 5.68. The van der Waals surface area contributed by atoms with Crippen molar-refractivity contribution in [2.75, 3.05) is 28.3 Å². The van der Waals surface area contributed by atoms with Crippen molar-refractivity contribution in [3.8, 4) is 0 Å². The van der Waals surface area contributed by atoms with Gasteiger partial charge in [-0.05, 0) is 60.2 Å². The Bertz CT molecular complexity index is 279. The third-order valence-electron chi connectivity index (χ3n) is 5.37. The quantitative estimate of drug-likeness (QED) is 0.698. The average molecular weight is 255 g/mol. The SMILES string of the molecule is CNC1(C)CC2(NC)CC(OC)CC(NC)(C1)C2. The number of hydrogen-bond acceptors (Lipinski definition) is 4. The van der Waals surface area contributed by atoms with E-state index in [4.69, 9.17) is 4.74 Å². The lowest BCUT2D eigenvalue weighted by molar-refractivity contribution is -0.0563. The van der Waals surface area contributed by atoms with Gasteiger partial charge in [-0.3, -0.25) is 0 Å². The Kier molecular flexibility index (Phi) is 3.76. The third-order valence-corrected chi connectivity index (χ3v) is 5.37. The molecule has 2 bridgehead atoms. The molecule has 0 aromatic heterocycles. The van der Waals surface area contributed by atoms with E-state index in [-0.39, 0.29) is 16.6 Å². The highest BCUT2D eigenvalue weighted by Gasteiger charge is 2.56. The average Bonchev–Trinajstić information content (AvgIpc) is 2.37. The summed E-state index contributed by atoms with van der Waals surface area (Å²) in [4.78, 5) is 0. The number of ether oxygens (including phenoxy) is 1. The Labute approximate surface area is 111 Å². The van der Waals surface area contributed by atoms with Crippen LogP contribution < -0.4 is 16.0 Å². The van der Waals surface area contributed by atoms with Gasteiger partial charge in [0.1, 0.15) is 0 Å². The van der Waals surface area contributed by atoms with Crippen molar-refractivity contribution in [1.82, 2.24) is 16.0 Å². The molecule has 2 aliphatic rings. The summed E-state index contributed by atoms with van der Waals surface area (Å²) in [5.74, 6) is 0. The number of fused-ring (bicyclic) bond motifs is 2. The van der Waals surface area contributed by atoms with Crippen molar-refractivity contribution in [1.29, 1.82) is 0 Å². The van der Waals surface area contributed by atoms with Crippen LogP contribution in [0.4, 0.5) is 0 Å². The third kappa shape index (κ3) is 2.31. The van der Waals surface area contributed by atoms with Gasteiger partial charge in [-0.2, -0.15) is 0 Å². The first kappa shape index (κ1) is 14.3. The topological polar surface area (TPSA) is 45.3 Å². The summed E-state index contributed by atoms with van der Waals surface area (Å²) < 4.78 is 5.68. The van der Waals surface area contributed by atoms with Gasteiger partial charge >= 0.3 is 0 Å². The van der Waals surface area contributed by atoms with Gasteiger partial charge in [-0.15, -0.1) is 0 Å². The first-order chi connectivity index (χ1) is 8.44. The molecule has 2 unspecified atom stereocenters. The van der Waals surface area contributed by atoms with Crippen LogP contribution in [0.25, 0.3) is 0 Å². The van der Waals surface area contributed by atoms with Crippen LogP contribution in [0.1, 0.15) is 39.0 Å². The summed E-state index contributed by atoms with van der Waals surface area (Å²) in [5.41, 5.74) is 0.582. The molecule has 0 aromatic rings. The maximum atomic E-state index is 5.68. The Morgan fingerprint density at radius 2 is 1.39 bits per heavy atom. The van der Waals surface area contributed by atoms with E-state index in [1.165, 1.54) is 6.42 Å². The molecule has 0 heterocycles. The van der Waals surface area contributed by atoms with Crippen LogP contribution in [-0.4, -0.2) is 51.0 Å². The number of hydrogen-bond donors (Lipinski definition) is 3. The summed E-state index contributed by atoms with van der Waals surface area (Å²) in [6.45, 7) is 2.34. The van der Waals surface area contributed by atoms with Gasteiger partial charge in [-0.25, -0.2) is 0 Å². The van der Waals surface area contributed by atoms with E-state index >= 15 is 0 Å². The highest BCUT2D eigenvalue weighted by molar-refractivity contribution is 5.16. The molecule has 18 heavy (non-hydrogen) atoms. The highest BCUT2D eigenvalue weighted by Crippen LogP contribution is 2.49. The highest BCUT2D eigenvalue weighted by atomic mass is 16.5. The zero-order chi connectivity index (χ0) is 13.4. The summed E-state index contributed by atoms with van der Waals surface area (Å²) in [6, 6.07) is 0. The van der Waals surface area contributed by atoms with Crippen molar-refractivity contribution >= 4 is 0 Å². The van der Waals surface area contributed by atoms with Crippen LogP contribution in [0.5, 0.6) is 0 Å². The van der Waals surface area contributed by atoms with Crippen LogP contribution >= 0.6 is 0 Å². The Balaban J connectivity index is 2.33. The molecule has 0 saturated heterocycles. The van der Waals surface area contributed by atoms with Crippen LogP contribution in [0.15, 0.2) is 0 Å². The van der Waals surface area contributed by atoms with Crippen molar-refractivity contribution < 1.29 is 4.74 Å². The second-order valence-electron chi connectivity index (χ2n) is 6.67. The molecule has 2 atom stereocenters. The van der Waals surface area contributed by atoms with Gasteiger partial charge in [0.05, 0.1) is 6.10 Å². The molecule has 2 fully saturated rings. The summed E-state index contributed by atoms with van der Waals surface area (Å²) in [5, 5.41) is 10.7. The molecule has 3 N–H and O–H groups in total. The number of nitrogens with one attached hydrogen (secondary N) is 3. The van der Waals surface area contributed by atoms with E-state index < -0.39 is 0 Å². The maximum Gasteiger partial charge on any atom is 0.0606 e. The number of rotatable bonds is 4. The van der Waals surface area contributed by atoms with Crippen molar-refractivity contribution in [2.45, 2.75) is 61.7 Å². The van der Waals surface area contributed by atoms with Gasteiger partial charge in [0.25, 0.3) is 0 Å². The largest absolute Gasteiger partial charge is 0.381 e. The monoisotopic (exact) mass is 255 g/mol. The van der Waals surface area contributed by atoms with Gasteiger partial charge < -0.3 is 20.7 Å². The molecule has 0 amide bonds. The normalized spacial score (nSPS) is 48.2. The van der Waals surface area contributed by atoms with Gasteiger partial charge in [0.15, 0.2) is 0 Å². The minimum absolute atomic E-state index is 0.192. The lowest BCUT2D eigenvalue weighted by Crippen LogP contribution is -2.71. The standard InChI is InChI=1S/C14H29N3O/c1-12(15-2)8-13(16-3)6-11(18-5)7-14(9-12,10-13)17-4/h11,15-17H,6-10H2,1-5H3. The molecule has 0 aliphatic heterocycles. The smallest absolute Gasteiger partial charge is 0.0606 e. The Hall–Kier alpha value is -0.160. The molecule has 0 aromatic carbocycles. The fourth-order valence-electron chi connectivity index (χ4n) is 4.46. The summed E-state index contributed by atoms with van der Waals surface area (Å²) in [6.07, 6.45) is 6.11. The molecule has 4 heteroatoms. The zero-order valence-electron chi connectivity index (χ0n) is 12.5. The fraction of sp³-hybridized carbons (Fsp3) is 1.00. The molecular weight excluding hydrogens is 226 g/mol. The lowest BCUT2D eigenvalue weighted by atomic mass is 9.56. The molecule has 106 valence electrons. The second-order valence-corrected chi connectivity index (χ2v) is 6.67. The van der Waals surface area contributed by atoms with Crippen LogP contribution in [0.3, 0.4) is 0 Å². The minimum Gasteiger partial charge on any atom is -0.381 e. The van der Waals surface area contributed by atoms with E-state index in [2.05, 4.69) is 44.0 Å². The van der Waals surface area contributed by atoms with E-state index in [1.54, 1.807) is 0 Å². The Morgan fingerprint density at radius 1 is 0.889 bits per heavy atom. The minimum atomic E-state index is 0.192. The van der Waals surface area contributed by atoms with Gasteiger partial charge in [0, 0.05) is 23.7 Å². The van der Waals surface area contributed by atoms with Crippen molar-refractivity contribution in [3.63, 3.8) is 0 Å². The van der Waals surface area contributed by atoms with Gasteiger partial charge in [0.2, 0.25) is 0 Å². The summed E-state index contributed by atoms with van der Waals surface area (Å²) >= 11 is 0. The van der Waals surface area contributed by atoms with E-state index in [1.807, 2.05) is 7.11 Å². The predicted octanol–water partition coefficient (Wildman–Crippen LogP) is 0.874. The number of methoxy groups -OCH3 is 1. The van der Waals surface area contributed by atoms with Crippen LogP contribution in [0, 0.1) is 0 Å². The molecule has 4 nitrogen and oxygen atoms in total. The summed E-state index contributed by atoms with van der Waals surface area (Å²) in [7, 11) is 8.12. The molecule has 2 saturated carbocycles. The molecule has 0 spiro atoms. The fourth-order valence-corrected chi connectivity index (χ4v) is 4.46. The van der Waals surface area contributed by atoms with Crippen molar-refractivity contribution in [3.05, 3.63) is 0 Å². The van der Waals surface area contributed by atoms with Crippen molar-refractivity contribution in [2.24, 2.45) is 0 Å². The molecule has 2 rings (SSSR count). The Morgan fingerprint density at radius 3 is 1.72 bits per heavy atom. The lowest BCUT2D eigenvalue weighted by Gasteiger charge is -2.60. The first-order valence-corrected chi connectivity index (χ1v) is 7.04. The molecule has 0 radical (unpaired) electrons.